The van der Waals surface area contributed by atoms with Crippen molar-refractivity contribution in [1.29, 1.82) is 0 Å². The molecule has 1 aliphatic carbocycles. The van der Waals surface area contributed by atoms with E-state index in [0.29, 0.717) is 5.57 Å². The summed E-state index contributed by atoms with van der Waals surface area (Å²) >= 11 is 0. The fraction of sp³-hybridized carbons (Fsp3) is 0.273. The van der Waals surface area contributed by atoms with Crippen LogP contribution in [0, 0.1) is 0 Å². The molecular formula is C11H11NO5. The van der Waals surface area contributed by atoms with Crippen molar-refractivity contribution in [2.45, 2.75) is 6.92 Å². The molecule has 0 bridgehead atoms. The first-order chi connectivity index (χ1) is 8.04. The Labute approximate surface area is 97.5 Å². The van der Waals surface area contributed by atoms with E-state index in [1.165, 1.54) is 25.3 Å². The molecule has 0 N–H and O–H groups in total. The third-order valence-electron chi connectivity index (χ3n) is 1.91. The van der Waals surface area contributed by atoms with E-state index >= 15 is 0 Å². The van der Waals surface area contributed by atoms with E-state index < -0.39 is 11.7 Å². The molecule has 0 spiro atoms. The van der Waals surface area contributed by atoms with Crippen LogP contribution in [0.15, 0.2) is 28.8 Å². The largest absolute Gasteiger partial charge is 0.313 e. The van der Waals surface area contributed by atoms with E-state index in [0.717, 1.165) is 6.92 Å². The number of ketones is 2. The van der Waals surface area contributed by atoms with Crippen molar-refractivity contribution in [3.05, 3.63) is 23.8 Å². The second kappa shape index (κ2) is 5.97. The molecule has 0 saturated carbocycles. The summed E-state index contributed by atoms with van der Waals surface area (Å²) in [6, 6.07) is 0. The maximum Gasteiger partial charge on any atom is 0.313 e. The molecule has 6 heteroatoms. The zero-order valence-electron chi connectivity index (χ0n) is 9.43. The van der Waals surface area contributed by atoms with E-state index in [1.54, 1.807) is 0 Å². The molecule has 90 valence electrons. The van der Waals surface area contributed by atoms with Gasteiger partial charge in [0.2, 0.25) is 5.78 Å². The third-order valence-corrected chi connectivity index (χ3v) is 1.91. The lowest BCUT2D eigenvalue weighted by molar-refractivity contribution is -0.264. The number of allylic oxidation sites excluding steroid dienone is 3. The molecular weight excluding hydrogens is 226 g/mol. The minimum absolute atomic E-state index is 0.0487. The number of rotatable bonds is 4. The quantitative estimate of drug-likeness (QED) is 0.301. The van der Waals surface area contributed by atoms with Crippen LogP contribution in [0.3, 0.4) is 0 Å². The second-order valence-corrected chi connectivity index (χ2v) is 3.19. The summed E-state index contributed by atoms with van der Waals surface area (Å²) in [4.78, 5) is 45.7. The molecule has 0 atom stereocenters. The summed E-state index contributed by atoms with van der Waals surface area (Å²) < 4.78 is 0. The molecule has 1 aliphatic rings. The van der Waals surface area contributed by atoms with Crippen LogP contribution in [0.5, 0.6) is 0 Å². The van der Waals surface area contributed by atoms with Crippen molar-refractivity contribution in [2.75, 3.05) is 13.7 Å². The van der Waals surface area contributed by atoms with Crippen LogP contribution in [0.2, 0.25) is 0 Å². The Morgan fingerprint density at radius 3 is 2.65 bits per heavy atom. The number of amides is 1. The highest BCUT2D eigenvalue weighted by atomic mass is 17.2. The lowest BCUT2D eigenvalue weighted by Crippen LogP contribution is -2.15. The standard InChI is InChI=1S/C11H11NO5/c1-7(13)11(15)12-9-3-4-10(14)8(5-9)6-17-16-2/h3-5H,6H2,1-2H3. The minimum Gasteiger partial charge on any atom is -0.290 e. The number of hydrogen-bond acceptors (Lipinski definition) is 5. The van der Waals surface area contributed by atoms with Crippen molar-refractivity contribution in [1.82, 2.24) is 0 Å². The Hall–Kier alpha value is -1.92. The van der Waals surface area contributed by atoms with Crippen molar-refractivity contribution in [3.63, 3.8) is 0 Å². The molecule has 1 amide bonds. The van der Waals surface area contributed by atoms with Crippen LogP contribution in [0.4, 0.5) is 0 Å². The van der Waals surface area contributed by atoms with Gasteiger partial charge in [-0.1, -0.05) is 0 Å². The summed E-state index contributed by atoms with van der Waals surface area (Å²) in [5.74, 6) is -1.77. The lowest BCUT2D eigenvalue weighted by atomic mass is 10.0. The molecule has 0 unspecified atom stereocenters. The van der Waals surface area contributed by atoms with Crippen molar-refractivity contribution in [2.24, 2.45) is 4.99 Å². The zero-order valence-corrected chi connectivity index (χ0v) is 9.43. The molecule has 6 nitrogen and oxygen atoms in total. The third kappa shape index (κ3) is 3.86. The van der Waals surface area contributed by atoms with Crippen LogP contribution < -0.4 is 0 Å². The van der Waals surface area contributed by atoms with Gasteiger partial charge in [-0.25, -0.2) is 14.8 Å². The summed E-state index contributed by atoms with van der Waals surface area (Å²) in [7, 11) is 1.32. The lowest BCUT2D eigenvalue weighted by Gasteiger charge is -2.07. The smallest absolute Gasteiger partial charge is 0.290 e. The van der Waals surface area contributed by atoms with Gasteiger partial charge in [-0.05, 0) is 18.2 Å². The first kappa shape index (κ1) is 13.1. The number of Topliss-reactive ketones (excluding diaryl/α,β-unsaturated/α-hetero) is 1. The Balaban J connectivity index is 2.86. The van der Waals surface area contributed by atoms with Crippen LogP contribution >= 0.6 is 0 Å². The van der Waals surface area contributed by atoms with Gasteiger partial charge in [-0.15, -0.1) is 0 Å². The van der Waals surface area contributed by atoms with Crippen LogP contribution in [-0.4, -0.2) is 36.9 Å². The minimum atomic E-state index is -0.859. The normalized spacial score (nSPS) is 17.2. The fourth-order valence-electron chi connectivity index (χ4n) is 1.07. The molecule has 17 heavy (non-hydrogen) atoms. The van der Waals surface area contributed by atoms with Gasteiger partial charge in [0, 0.05) is 12.5 Å². The molecule has 0 aliphatic heterocycles. The summed E-state index contributed by atoms with van der Waals surface area (Å²) in [6.45, 7) is 1.08. The zero-order chi connectivity index (χ0) is 12.8. The summed E-state index contributed by atoms with van der Waals surface area (Å²) in [6.07, 6.45) is 3.99. The van der Waals surface area contributed by atoms with E-state index in [1.807, 2.05) is 0 Å². The monoisotopic (exact) mass is 237 g/mol. The second-order valence-electron chi connectivity index (χ2n) is 3.19. The van der Waals surface area contributed by atoms with E-state index in [-0.39, 0.29) is 18.1 Å². The van der Waals surface area contributed by atoms with Gasteiger partial charge in [0.1, 0.15) is 6.61 Å². The van der Waals surface area contributed by atoms with E-state index in [4.69, 9.17) is 0 Å². The highest BCUT2D eigenvalue weighted by Gasteiger charge is 2.14. The SMILES string of the molecule is COOCC1=CC(=NC(=O)C(C)=O)C=CC1=O. The van der Waals surface area contributed by atoms with Crippen molar-refractivity contribution >= 4 is 23.2 Å². The Morgan fingerprint density at radius 1 is 1.35 bits per heavy atom. The van der Waals surface area contributed by atoms with Gasteiger partial charge in [0.15, 0.2) is 5.78 Å². The van der Waals surface area contributed by atoms with Crippen LogP contribution in [0.1, 0.15) is 6.92 Å². The highest BCUT2D eigenvalue weighted by molar-refractivity contribution is 6.38. The Bertz CT molecular complexity index is 445. The predicted molar refractivity (Wildman–Crippen MR) is 58.3 cm³/mol. The molecule has 0 saturated heterocycles. The topological polar surface area (TPSA) is 82.0 Å². The fourth-order valence-corrected chi connectivity index (χ4v) is 1.07. The van der Waals surface area contributed by atoms with Gasteiger partial charge in [0.25, 0.3) is 0 Å². The number of carbonyl (C=O) groups is 3. The molecule has 1 rings (SSSR count). The van der Waals surface area contributed by atoms with Crippen molar-refractivity contribution in [3.8, 4) is 0 Å². The first-order valence-electron chi connectivity index (χ1n) is 4.76. The molecule has 0 aromatic carbocycles. The maximum absolute atomic E-state index is 11.4. The molecule has 0 aromatic heterocycles. The van der Waals surface area contributed by atoms with Gasteiger partial charge < -0.3 is 0 Å². The van der Waals surface area contributed by atoms with Gasteiger partial charge in [-0.3, -0.25) is 14.4 Å². The summed E-state index contributed by atoms with van der Waals surface area (Å²) in [5.41, 5.74) is 0.531. The van der Waals surface area contributed by atoms with Gasteiger partial charge >= 0.3 is 5.91 Å². The molecule has 0 fully saturated rings. The maximum atomic E-state index is 11.4. The average Bonchev–Trinajstić information content (AvgIpc) is 2.29. The van der Waals surface area contributed by atoms with Gasteiger partial charge in [0.05, 0.1) is 12.8 Å². The van der Waals surface area contributed by atoms with Crippen LogP contribution in [0.25, 0.3) is 0 Å². The first-order valence-corrected chi connectivity index (χ1v) is 4.76. The van der Waals surface area contributed by atoms with Gasteiger partial charge in [-0.2, -0.15) is 0 Å². The average molecular weight is 237 g/mol. The number of hydrogen-bond donors (Lipinski definition) is 0. The predicted octanol–water partition coefficient (Wildman–Crippen LogP) is 0.186. The van der Waals surface area contributed by atoms with E-state index in [2.05, 4.69) is 14.8 Å². The Kier molecular flexibility index (Phi) is 4.62. The molecule has 0 radical (unpaired) electrons. The Morgan fingerprint density at radius 2 is 2.06 bits per heavy atom. The van der Waals surface area contributed by atoms with Crippen LogP contribution in [-0.2, 0) is 24.2 Å². The summed E-state index contributed by atoms with van der Waals surface area (Å²) in [5, 5.41) is 0. The van der Waals surface area contributed by atoms with Crippen molar-refractivity contribution < 1.29 is 24.2 Å². The highest BCUT2D eigenvalue weighted by Crippen LogP contribution is 2.07. The molecule has 0 aromatic rings. The molecule has 0 heterocycles. The number of nitrogens with zero attached hydrogens (tertiary/aromatic N) is 1. The number of aliphatic imine (C=N–C) groups is 1. The van der Waals surface area contributed by atoms with E-state index in [9.17, 15) is 14.4 Å². The number of carbonyl (C=O) groups excluding carboxylic acids is 3.